The van der Waals surface area contributed by atoms with Gasteiger partial charge in [-0.3, -0.25) is 10.1 Å². The average Bonchev–Trinajstić information content (AvgIpc) is 2.50. The van der Waals surface area contributed by atoms with Crippen molar-refractivity contribution >= 4 is 0 Å². The van der Waals surface area contributed by atoms with Crippen LogP contribution in [0.5, 0.6) is 0 Å². The van der Waals surface area contributed by atoms with Crippen LogP contribution in [0.4, 0.5) is 0 Å². The topological polar surface area (TPSA) is 70.4 Å². The standard InChI is InChI=1S/C15H28N4O2/c1-3-18(4-2)13-7-10-16-11-12-17-14-8-5-6-9-15(14)19(20)21/h5-6,8,15-17H,3-4,7,9-13H2,1-2H3. The molecule has 0 radical (unpaired) electrons. The Labute approximate surface area is 127 Å². The predicted octanol–water partition coefficient (Wildman–Crippen LogP) is 1.39. The Hall–Kier alpha value is -1.40. The maximum Gasteiger partial charge on any atom is 0.255 e. The lowest BCUT2D eigenvalue weighted by Crippen LogP contribution is -2.35. The van der Waals surface area contributed by atoms with Crippen molar-refractivity contribution in [2.75, 3.05) is 39.3 Å². The van der Waals surface area contributed by atoms with E-state index in [2.05, 4.69) is 29.4 Å². The monoisotopic (exact) mass is 296 g/mol. The maximum atomic E-state index is 10.9. The summed E-state index contributed by atoms with van der Waals surface area (Å²) in [4.78, 5) is 13.1. The summed E-state index contributed by atoms with van der Waals surface area (Å²) in [5.41, 5.74) is 0.715. The summed E-state index contributed by atoms with van der Waals surface area (Å²) in [6.07, 6.45) is 7.12. The highest BCUT2D eigenvalue weighted by Crippen LogP contribution is 2.13. The predicted molar refractivity (Wildman–Crippen MR) is 85.9 cm³/mol. The number of nitrogens with zero attached hydrogens (tertiary/aromatic N) is 2. The Morgan fingerprint density at radius 1 is 1.33 bits per heavy atom. The highest BCUT2D eigenvalue weighted by molar-refractivity contribution is 5.20. The summed E-state index contributed by atoms with van der Waals surface area (Å²) < 4.78 is 0. The largest absolute Gasteiger partial charge is 0.382 e. The van der Waals surface area contributed by atoms with Crippen molar-refractivity contribution in [2.24, 2.45) is 0 Å². The maximum absolute atomic E-state index is 10.9. The molecule has 6 nitrogen and oxygen atoms in total. The van der Waals surface area contributed by atoms with E-state index in [0.717, 1.165) is 45.7 Å². The van der Waals surface area contributed by atoms with E-state index >= 15 is 0 Å². The summed E-state index contributed by atoms with van der Waals surface area (Å²) in [7, 11) is 0. The van der Waals surface area contributed by atoms with Crippen molar-refractivity contribution in [1.82, 2.24) is 15.5 Å². The molecule has 0 aromatic heterocycles. The second-order valence-corrected chi connectivity index (χ2v) is 5.14. The zero-order valence-corrected chi connectivity index (χ0v) is 13.2. The van der Waals surface area contributed by atoms with Gasteiger partial charge in [0.05, 0.1) is 5.70 Å². The zero-order chi connectivity index (χ0) is 15.5. The summed E-state index contributed by atoms with van der Waals surface area (Å²) in [5, 5.41) is 17.5. The first-order valence-corrected chi connectivity index (χ1v) is 7.86. The van der Waals surface area contributed by atoms with Crippen LogP contribution < -0.4 is 10.6 Å². The van der Waals surface area contributed by atoms with Crippen LogP contribution in [-0.2, 0) is 0 Å². The van der Waals surface area contributed by atoms with Crippen molar-refractivity contribution < 1.29 is 4.92 Å². The lowest BCUT2D eigenvalue weighted by atomic mass is 10.1. The molecule has 0 bridgehead atoms. The Bertz CT molecular complexity index is 365. The van der Waals surface area contributed by atoms with E-state index in [1.165, 1.54) is 0 Å². The third-order valence-corrected chi connectivity index (χ3v) is 3.74. The van der Waals surface area contributed by atoms with Crippen LogP contribution in [-0.4, -0.2) is 55.1 Å². The Balaban J connectivity index is 2.10. The van der Waals surface area contributed by atoms with Gasteiger partial charge in [0.1, 0.15) is 0 Å². The Kier molecular flexibility index (Phi) is 8.69. The Morgan fingerprint density at radius 2 is 2.10 bits per heavy atom. The summed E-state index contributed by atoms with van der Waals surface area (Å²) in [6.45, 7) is 10.2. The van der Waals surface area contributed by atoms with Crippen molar-refractivity contribution in [1.29, 1.82) is 0 Å². The van der Waals surface area contributed by atoms with E-state index in [1.807, 2.05) is 12.2 Å². The first-order valence-electron chi connectivity index (χ1n) is 7.86. The lowest BCUT2D eigenvalue weighted by molar-refractivity contribution is -0.512. The summed E-state index contributed by atoms with van der Waals surface area (Å²) in [6, 6.07) is -0.613. The average molecular weight is 296 g/mol. The van der Waals surface area contributed by atoms with Crippen molar-refractivity contribution in [3.8, 4) is 0 Å². The van der Waals surface area contributed by atoms with Gasteiger partial charge in [0, 0.05) is 24.4 Å². The van der Waals surface area contributed by atoms with Crippen LogP contribution in [0.1, 0.15) is 26.7 Å². The van der Waals surface area contributed by atoms with Gasteiger partial charge in [-0.05, 0) is 38.7 Å². The van der Waals surface area contributed by atoms with Crippen molar-refractivity contribution in [3.05, 3.63) is 34.0 Å². The Morgan fingerprint density at radius 3 is 2.76 bits per heavy atom. The minimum Gasteiger partial charge on any atom is -0.382 e. The molecule has 1 aliphatic carbocycles. The fourth-order valence-electron chi connectivity index (χ4n) is 2.38. The highest BCUT2D eigenvalue weighted by atomic mass is 16.6. The van der Waals surface area contributed by atoms with Crippen LogP contribution in [0.3, 0.4) is 0 Å². The number of nitrogens with one attached hydrogen (secondary N) is 2. The first-order chi connectivity index (χ1) is 10.2. The molecule has 0 saturated carbocycles. The van der Waals surface area contributed by atoms with Gasteiger partial charge in [-0.2, -0.15) is 0 Å². The normalized spacial score (nSPS) is 17.9. The van der Waals surface area contributed by atoms with Crippen molar-refractivity contribution in [2.45, 2.75) is 32.7 Å². The van der Waals surface area contributed by atoms with E-state index in [-0.39, 0.29) is 4.92 Å². The van der Waals surface area contributed by atoms with Crippen LogP contribution in [0.15, 0.2) is 23.9 Å². The fourth-order valence-corrected chi connectivity index (χ4v) is 2.38. The van der Waals surface area contributed by atoms with Gasteiger partial charge in [0.2, 0.25) is 0 Å². The summed E-state index contributed by atoms with van der Waals surface area (Å²) in [5.74, 6) is 0. The highest BCUT2D eigenvalue weighted by Gasteiger charge is 2.25. The molecular formula is C15H28N4O2. The van der Waals surface area contributed by atoms with Gasteiger partial charge in [-0.25, -0.2) is 0 Å². The second-order valence-electron chi connectivity index (χ2n) is 5.14. The van der Waals surface area contributed by atoms with E-state index in [4.69, 9.17) is 0 Å². The van der Waals surface area contributed by atoms with Crippen LogP contribution >= 0.6 is 0 Å². The molecule has 0 amide bonds. The molecule has 0 aliphatic heterocycles. The van der Waals surface area contributed by atoms with Gasteiger partial charge in [0.25, 0.3) is 6.04 Å². The molecule has 1 rings (SSSR count). The van der Waals surface area contributed by atoms with Crippen LogP contribution in [0.25, 0.3) is 0 Å². The number of hydrogen-bond donors (Lipinski definition) is 2. The second kappa shape index (κ2) is 10.3. The molecular weight excluding hydrogens is 268 g/mol. The lowest BCUT2D eigenvalue weighted by Gasteiger charge is -2.18. The van der Waals surface area contributed by atoms with E-state index < -0.39 is 6.04 Å². The van der Waals surface area contributed by atoms with E-state index in [9.17, 15) is 10.1 Å². The molecule has 2 N–H and O–H groups in total. The molecule has 0 aromatic rings. The van der Waals surface area contributed by atoms with Gasteiger partial charge >= 0.3 is 0 Å². The minimum absolute atomic E-state index is 0.222. The SMILES string of the molecule is CCN(CC)CCCNCCNC1=CC=CCC1[N+](=O)[O-]. The number of allylic oxidation sites excluding steroid dienone is 2. The molecule has 1 unspecified atom stereocenters. The molecule has 0 spiro atoms. The van der Waals surface area contributed by atoms with Gasteiger partial charge in [-0.1, -0.05) is 26.0 Å². The number of nitro groups is 1. The number of hydrogen-bond acceptors (Lipinski definition) is 5. The van der Waals surface area contributed by atoms with E-state index in [1.54, 1.807) is 6.08 Å². The number of rotatable bonds is 11. The third-order valence-electron chi connectivity index (χ3n) is 3.74. The van der Waals surface area contributed by atoms with Gasteiger partial charge in [-0.15, -0.1) is 0 Å². The van der Waals surface area contributed by atoms with Gasteiger partial charge < -0.3 is 15.5 Å². The summed E-state index contributed by atoms with van der Waals surface area (Å²) >= 11 is 0. The molecule has 0 fully saturated rings. The molecule has 0 aromatic carbocycles. The molecule has 1 atom stereocenters. The molecule has 0 saturated heterocycles. The van der Waals surface area contributed by atoms with Crippen molar-refractivity contribution in [3.63, 3.8) is 0 Å². The fraction of sp³-hybridized carbons (Fsp3) is 0.733. The molecule has 120 valence electrons. The van der Waals surface area contributed by atoms with E-state index in [0.29, 0.717) is 12.1 Å². The third kappa shape index (κ3) is 6.73. The molecule has 0 heterocycles. The molecule has 1 aliphatic rings. The van der Waals surface area contributed by atoms with Crippen LogP contribution in [0.2, 0.25) is 0 Å². The van der Waals surface area contributed by atoms with Gasteiger partial charge in [0.15, 0.2) is 0 Å². The minimum atomic E-state index is -0.613. The zero-order valence-electron chi connectivity index (χ0n) is 13.2. The quantitative estimate of drug-likeness (QED) is 0.342. The molecule has 21 heavy (non-hydrogen) atoms. The first kappa shape index (κ1) is 17.7. The smallest absolute Gasteiger partial charge is 0.255 e. The van der Waals surface area contributed by atoms with Crippen LogP contribution in [0, 0.1) is 10.1 Å². The molecule has 6 heteroatoms.